The van der Waals surface area contributed by atoms with Gasteiger partial charge in [0.2, 0.25) is 5.91 Å². The normalized spacial score (nSPS) is 21.9. The van der Waals surface area contributed by atoms with E-state index in [1.165, 1.54) is 10.6 Å². The molecule has 1 atom stereocenters. The van der Waals surface area contributed by atoms with Crippen molar-refractivity contribution < 1.29 is 4.79 Å². The SMILES string of the molecule is CC[C@@H]1CN(CC(=O)N2CCCC2)c2ccccc2S1. The largest absolute Gasteiger partial charge is 0.360 e. The van der Waals surface area contributed by atoms with Crippen molar-refractivity contribution in [2.45, 2.75) is 36.3 Å². The van der Waals surface area contributed by atoms with Crippen molar-refractivity contribution in [3.63, 3.8) is 0 Å². The van der Waals surface area contributed by atoms with E-state index in [0.717, 1.165) is 38.9 Å². The minimum atomic E-state index is 0.291. The summed E-state index contributed by atoms with van der Waals surface area (Å²) in [4.78, 5) is 18.0. The molecule has 2 heterocycles. The molecule has 0 unspecified atom stereocenters. The number of thioether (sulfide) groups is 1. The molecule has 0 spiro atoms. The van der Waals surface area contributed by atoms with E-state index in [1.54, 1.807) is 0 Å². The van der Waals surface area contributed by atoms with Crippen molar-refractivity contribution in [2.75, 3.05) is 31.1 Å². The predicted molar refractivity (Wildman–Crippen MR) is 84.4 cm³/mol. The second kappa shape index (κ2) is 6.08. The summed E-state index contributed by atoms with van der Waals surface area (Å²) in [6, 6.07) is 8.48. The number of amides is 1. The fourth-order valence-electron chi connectivity index (χ4n) is 2.97. The quantitative estimate of drug-likeness (QED) is 0.855. The average Bonchev–Trinajstić information content (AvgIpc) is 3.01. The van der Waals surface area contributed by atoms with Crippen LogP contribution in [0, 0.1) is 0 Å². The molecule has 0 radical (unpaired) electrons. The Morgan fingerprint density at radius 3 is 2.80 bits per heavy atom. The lowest BCUT2D eigenvalue weighted by molar-refractivity contribution is -0.128. The maximum absolute atomic E-state index is 12.4. The van der Waals surface area contributed by atoms with Gasteiger partial charge in [0.1, 0.15) is 0 Å². The minimum Gasteiger partial charge on any atom is -0.360 e. The van der Waals surface area contributed by atoms with E-state index in [0.29, 0.717) is 17.7 Å². The van der Waals surface area contributed by atoms with Crippen LogP contribution in [0.25, 0.3) is 0 Å². The molecule has 1 amide bonds. The maximum Gasteiger partial charge on any atom is 0.242 e. The van der Waals surface area contributed by atoms with Gasteiger partial charge in [0.15, 0.2) is 0 Å². The molecule has 1 aromatic carbocycles. The number of benzene rings is 1. The van der Waals surface area contributed by atoms with Crippen molar-refractivity contribution in [1.29, 1.82) is 0 Å². The maximum atomic E-state index is 12.4. The van der Waals surface area contributed by atoms with Crippen LogP contribution in [0.4, 0.5) is 5.69 Å². The number of likely N-dealkylation sites (tertiary alicyclic amines) is 1. The standard InChI is InChI=1S/C16H22N2OS/c1-2-13-11-18(12-16(19)17-9-5-6-10-17)14-7-3-4-8-15(14)20-13/h3-4,7-8,13H,2,5-6,9-12H2,1H3/t13-/m1/s1. The summed E-state index contributed by atoms with van der Waals surface area (Å²) in [5.74, 6) is 0.291. The van der Waals surface area contributed by atoms with Gasteiger partial charge in [-0.3, -0.25) is 4.79 Å². The average molecular weight is 290 g/mol. The highest BCUT2D eigenvalue weighted by Crippen LogP contribution is 2.39. The molecule has 108 valence electrons. The van der Waals surface area contributed by atoms with Gasteiger partial charge >= 0.3 is 0 Å². The third-order valence-corrected chi connectivity index (χ3v) is 5.58. The highest BCUT2D eigenvalue weighted by atomic mass is 32.2. The summed E-state index contributed by atoms with van der Waals surface area (Å²) in [5.41, 5.74) is 1.23. The molecule has 20 heavy (non-hydrogen) atoms. The Balaban J connectivity index is 1.76. The van der Waals surface area contributed by atoms with E-state index in [4.69, 9.17) is 0 Å². The van der Waals surface area contributed by atoms with Gasteiger partial charge in [0.25, 0.3) is 0 Å². The molecule has 0 saturated carbocycles. The van der Waals surface area contributed by atoms with Crippen molar-refractivity contribution in [3.05, 3.63) is 24.3 Å². The molecule has 1 aromatic rings. The highest BCUT2D eigenvalue weighted by Gasteiger charge is 2.27. The molecular formula is C16H22N2OS. The minimum absolute atomic E-state index is 0.291. The first-order chi connectivity index (χ1) is 9.78. The van der Waals surface area contributed by atoms with Gasteiger partial charge in [-0.25, -0.2) is 0 Å². The Morgan fingerprint density at radius 2 is 2.05 bits per heavy atom. The number of anilines is 1. The van der Waals surface area contributed by atoms with Crippen LogP contribution >= 0.6 is 11.8 Å². The van der Waals surface area contributed by atoms with Crippen LogP contribution in [0.1, 0.15) is 26.2 Å². The summed E-state index contributed by atoms with van der Waals surface area (Å²) in [6.07, 6.45) is 3.47. The zero-order chi connectivity index (χ0) is 13.9. The van der Waals surface area contributed by atoms with E-state index in [1.807, 2.05) is 16.7 Å². The van der Waals surface area contributed by atoms with E-state index in [-0.39, 0.29) is 0 Å². The van der Waals surface area contributed by atoms with Gasteiger partial charge in [0, 0.05) is 29.8 Å². The summed E-state index contributed by atoms with van der Waals surface area (Å²) >= 11 is 1.95. The third-order valence-electron chi connectivity index (χ3n) is 4.16. The van der Waals surface area contributed by atoms with Gasteiger partial charge in [-0.2, -0.15) is 0 Å². The van der Waals surface area contributed by atoms with Crippen molar-refractivity contribution in [3.8, 4) is 0 Å². The molecule has 3 nitrogen and oxygen atoms in total. The monoisotopic (exact) mass is 290 g/mol. The second-order valence-corrected chi connectivity index (χ2v) is 6.93. The smallest absolute Gasteiger partial charge is 0.242 e. The number of carbonyl (C=O) groups is 1. The molecule has 1 saturated heterocycles. The Morgan fingerprint density at radius 1 is 1.30 bits per heavy atom. The topological polar surface area (TPSA) is 23.6 Å². The zero-order valence-corrected chi connectivity index (χ0v) is 12.9. The van der Waals surface area contributed by atoms with Crippen LogP contribution in [0.15, 0.2) is 29.2 Å². The molecular weight excluding hydrogens is 268 g/mol. The zero-order valence-electron chi connectivity index (χ0n) is 12.0. The Labute approximate surface area is 125 Å². The molecule has 1 fully saturated rings. The number of nitrogens with zero attached hydrogens (tertiary/aromatic N) is 2. The first kappa shape index (κ1) is 13.8. The number of rotatable bonds is 3. The van der Waals surface area contributed by atoms with E-state index in [2.05, 4.69) is 36.1 Å². The lowest BCUT2D eigenvalue weighted by Crippen LogP contribution is -2.43. The van der Waals surface area contributed by atoms with E-state index >= 15 is 0 Å². The predicted octanol–water partition coefficient (Wildman–Crippen LogP) is 3.00. The highest BCUT2D eigenvalue weighted by molar-refractivity contribution is 8.00. The van der Waals surface area contributed by atoms with Gasteiger partial charge < -0.3 is 9.80 Å². The summed E-state index contributed by atoms with van der Waals surface area (Å²) < 4.78 is 0. The number of fused-ring (bicyclic) bond motifs is 1. The summed E-state index contributed by atoms with van der Waals surface area (Å²) in [7, 11) is 0. The summed E-state index contributed by atoms with van der Waals surface area (Å²) in [5, 5.41) is 0.594. The molecule has 0 aliphatic carbocycles. The summed E-state index contributed by atoms with van der Waals surface area (Å²) in [6.45, 7) is 5.64. The molecule has 2 aliphatic heterocycles. The van der Waals surface area contributed by atoms with E-state index in [9.17, 15) is 4.79 Å². The molecule has 0 aromatic heterocycles. The van der Waals surface area contributed by atoms with Crippen LogP contribution < -0.4 is 4.90 Å². The number of hydrogen-bond donors (Lipinski definition) is 0. The first-order valence-electron chi connectivity index (χ1n) is 7.56. The molecule has 4 heteroatoms. The van der Waals surface area contributed by atoms with Crippen LogP contribution in [0.5, 0.6) is 0 Å². The van der Waals surface area contributed by atoms with Crippen LogP contribution in [-0.4, -0.2) is 42.2 Å². The fourth-order valence-corrected chi connectivity index (χ4v) is 4.23. The third kappa shape index (κ3) is 2.80. The first-order valence-corrected chi connectivity index (χ1v) is 8.44. The number of carbonyl (C=O) groups excluding carboxylic acids is 1. The Kier molecular flexibility index (Phi) is 4.20. The lowest BCUT2D eigenvalue weighted by Gasteiger charge is -2.35. The Bertz CT molecular complexity index is 485. The number of para-hydroxylation sites is 1. The van der Waals surface area contributed by atoms with E-state index < -0.39 is 0 Å². The van der Waals surface area contributed by atoms with Gasteiger partial charge in [0.05, 0.1) is 12.2 Å². The van der Waals surface area contributed by atoms with Crippen LogP contribution in [0.2, 0.25) is 0 Å². The molecule has 2 aliphatic rings. The number of hydrogen-bond acceptors (Lipinski definition) is 3. The lowest BCUT2D eigenvalue weighted by atomic mass is 10.2. The van der Waals surface area contributed by atoms with Crippen molar-refractivity contribution >= 4 is 23.4 Å². The van der Waals surface area contributed by atoms with Crippen LogP contribution in [-0.2, 0) is 4.79 Å². The van der Waals surface area contributed by atoms with Crippen molar-refractivity contribution in [1.82, 2.24) is 4.90 Å². The van der Waals surface area contributed by atoms with Crippen LogP contribution in [0.3, 0.4) is 0 Å². The molecule has 0 bridgehead atoms. The van der Waals surface area contributed by atoms with Gasteiger partial charge in [-0.1, -0.05) is 19.1 Å². The van der Waals surface area contributed by atoms with Gasteiger partial charge in [-0.15, -0.1) is 11.8 Å². The Hall–Kier alpha value is -1.16. The fraction of sp³-hybridized carbons (Fsp3) is 0.562. The van der Waals surface area contributed by atoms with Crippen molar-refractivity contribution in [2.24, 2.45) is 0 Å². The molecule has 3 rings (SSSR count). The second-order valence-electron chi connectivity index (χ2n) is 5.58. The van der Waals surface area contributed by atoms with Gasteiger partial charge in [-0.05, 0) is 31.4 Å². The molecule has 0 N–H and O–H groups in total.